The van der Waals surface area contributed by atoms with Crippen LogP contribution in [0.3, 0.4) is 0 Å². The maximum atomic E-state index is 12.3. The Morgan fingerprint density at radius 3 is 2.83 bits per heavy atom. The van der Waals surface area contributed by atoms with Crippen molar-refractivity contribution in [3.05, 3.63) is 21.9 Å². The Balaban J connectivity index is 1.82. The highest BCUT2D eigenvalue weighted by Crippen LogP contribution is 2.24. The van der Waals surface area contributed by atoms with Crippen LogP contribution in [0.1, 0.15) is 44.1 Å². The molecule has 1 aromatic rings. The van der Waals surface area contributed by atoms with Crippen molar-refractivity contribution in [3.8, 4) is 0 Å². The summed E-state index contributed by atoms with van der Waals surface area (Å²) in [6.07, 6.45) is 1.39. The number of thiophene rings is 1. The average molecular weight is 337 g/mol. The van der Waals surface area contributed by atoms with Crippen molar-refractivity contribution in [2.75, 3.05) is 13.1 Å². The van der Waals surface area contributed by atoms with E-state index in [0.29, 0.717) is 13.1 Å². The van der Waals surface area contributed by atoms with Gasteiger partial charge in [0.2, 0.25) is 11.8 Å². The maximum Gasteiger partial charge on any atom is 0.223 e. The van der Waals surface area contributed by atoms with E-state index in [-0.39, 0.29) is 30.6 Å². The summed E-state index contributed by atoms with van der Waals surface area (Å²) >= 11 is 1.75. The first-order valence-electron chi connectivity index (χ1n) is 8.20. The SMILES string of the molecule is CC(C)C(C)(CN)NC(=O)CCC(=O)N1CCc2sccc2C1. The molecule has 6 heteroatoms. The third-order valence-corrected chi connectivity index (χ3v) is 5.87. The van der Waals surface area contributed by atoms with Gasteiger partial charge in [-0.05, 0) is 36.3 Å². The summed E-state index contributed by atoms with van der Waals surface area (Å²) in [5, 5.41) is 5.05. The monoisotopic (exact) mass is 337 g/mol. The van der Waals surface area contributed by atoms with Crippen molar-refractivity contribution in [2.24, 2.45) is 11.7 Å². The molecule has 3 N–H and O–H groups in total. The van der Waals surface area contributed by atoms with E-state index in [1.54, 1.807) is 11.3 Å². The second-order valence-electron chi connectivity index (χ2n) is 6.76. The fraction of sp³-hybridized carbons (Fsp3) is 0.647. The Morgan fingerprint density at radius 1 is 1.43 bits per heavy atom. The van der Waals surface area contributed by atoms with E-state index in [9.17, 15) is 9.59 Å². The molecular formula is C17H27N3O2S. The molecule has 0 saturated carbocycles. The topological polar surface area (TPSA) is 75.4 Å². The summed E-state index contributed by atoms with van der Waals surface area (Å²) < 4.78 is 0. The van der Waals surface area contributed by atoms with Crippen molar-refractivity contribution in [2.45, 2.75) is 52.1 Å². The fourth-order valence-electron chi connectivity index (χ4n) is 2.65. The van der Waals surface area contributed by atoms with Crippen LogP contribution in [0, 0.1) is 5.92 Å². The van der Waals surface area contributed by atoms with Gasteiger partial charge in [-0.1, -0.05) is 13.8 Å². The molecule has 0 spiro atoms. The van der Waals surface area contributed by atoms with Gasteiger partial charge in [0, 0.05) is 37.4 Å². The molecule has 0 fully saturated rings. The number of carbonyl (C=O) groups excluding carboxylic acids is 2. The highest BCUT2D eigenvalue weighted by Gasteiger charge is 2.29. The zero-order valence-electron chi connectivity index (χ0n) is 14.2. The molecule has 0 saturated heterocycles. The molecule has 0 bridgehead atoms. The van der Waals surface area contributed by atoms with E-state index in [1.165, 1.54) is 10.4 Å². The van der Waals surface area contributed by atoms with Crippen molar-refractivity contribution in [1.82, 2.24) is 10.2 Å². The molecule has 2 rings (SSSR count). The van der Waals surface area contributed by atoms with Crippen molar-refractivity contribution in [3.63, 3.8) is 0 Å². The highest BCUT2D eigenvalue weighted by molar-refractivity contribution is 7.10. The molecule has 1 aromatic heterocycles. The van der Waals surface area contributed by atoms with Gasteiger partial charge < -0.3 is 16.0 Å². The third-order valence-electron chi connectivity index (χ3n) is 4.85. The third kappa shape index (κ3) is 4.32. The van der Waals surface area contributed by atoms with Gasteiger partial charge in [0.05, 0.1) is 5.54 Å². The molecule has 1 aliphatic heterocycles. The summed E-state index contributed by atoms with van der Waals surface area (Å²) in [5.41, 5.74) is 6.60. The standard InChI is InChI=1S/C17H27N3O2S/c1-12(2)17(3,11-18)19-15(21)4-5-16(22)20-8-6-14-13(10-20)7-9-23-14/h7,9,12H,4-6,8,10-11,18H2,1-3H3,(H,19,21). The lowest BCUT2D eigenvalue weighted by Crippen LogP contribution is -2.55. The van der Waals surface area contributed by atoms with Crippen molar-refractivity contribution >= 4 is 23.2 Å². The first-order valence-corrected chi connectivity index (χ1v) is 9.08. The molecule has 5 nitrogen and oxygen atoms in total. The van der Waals surface area contributed by atoms with E-state index in [1.807, 2.05) is 25.7 Å². The highest BCUT2D eigenvalue weighted by atomic mass is 32.1. The molecule has 1 aliphatic rings. The smallest absolute Gasteiger partial charge is 0.223 e. The van der Waals surface area contributed by atoms with E-state index < -0.39 is 5.54 Å². The molecule has 1 atom stereocenters. The van der Waals surface area contributed by atoms with Crippen LogP contribution in [0.15, 0.2) is 11.4 Å². The summed E-state index contributed by atoms with van der Waals surface area (Å²) in [4.78, 5) is 27.7. The zero-order chi connectivity index (χ0) is 17.0. The van der Waals surface area contributed by atoms with Crippen LogP contribution in [-0.2, 0) is 22.6 Å². The minimum absolute atomic E-state index is 0.0519. The van der Waals surface area contributed by atoms with Gasteiger partial charge in [-0.15, -0.1) is 11.3 Å². The number of hydrogen-bond donors (Lipinski definition) is 2. The van der Waals surface area contributed by atoms with E-state index in [0.717, 1.165) is 13.0 Å². The quantitative estimate of drug-likeness (QED) is 0.832. The van der Waals surface area contributed by atoms with Crippen LogP contribution in [0.2, 0.25) is 0 Å². The molecule has 1 unspecified atom stereocenters. The van der Waals surface area contributed by atoms with Crippen molar-refractivity contribution in [1.29, 1.82) is 0 Å². The van der Waals surface area contributed by atoms with Crippen LogP contribution in [0.4, 0.5) is 0 Å². The number of amides is 2. The van der Waals surface area contributed by atoms with Crippen molar-refractivity contribution < 1.29 is 9.59 Å². The summed E-state index contributed by atoms with van der Waals surface area (Å²) in [6, 6.07) is 2.08. The van der Waals surface area contributed by atoms with E-state index in [2.05, 4.69) is 16.8 Å². The molecule has 23 heavy (non-hydrogen) atoms. The lowest BCUT2D eigenvalue weighted by molar-refractivity contribution is -0.134. The van der Waals surface area contributed by atoms with Crippen LogP contribution >= 0.6 is 11.3 Å². The summed E-state index contributed by atoms with van der Waals surface area (Å²) in [7, 11) is 0. The summed E-state index contributed by atoms with van der Waals surface area (Å²) in [6.45, 7) is 7.82. The molecule has 0 radical (unpaired) electrons. The first kappa shape index (κ1) is 17.9. The van der Waals surface area contributed by atoms with Crippen LogP contribution in [-0.4, -0.2) is 35.3 Å². The van der Waals surface area contributed by atoms with Gasteiger partial charge in [-0.25, -0.2) is 0 Å². The number of hydrogen-bond acceptors (Lipinski definition) is 4. The molecule has 128 valence electrons. The Labute approximate surface area is 142 Å². The Kier molecular flexibility index (Phi) is 5.81. The zero-order valence-corrected chi connectivity index (χ0v) is 15.0. The minimum Gasteiger partial charge on any atom is -0.349 e. The predicted molar refractivity (Wildman–Crippen MR) is 93.1 cm³/mol. The first-order chi connectivity index (χ1) is 10.9. The number of nitrogens with zero attached hydrogens (tertiary/aromatic N) is 1. The second kappa shape index (κ2) is 7.45. The van der Waals surface area contributed by atoms with Gasteiger partial charge >= 0.3 is 0 Å². The number of carbonyl (C=O) groups is 2. The lowest BCUT2D eigenvalue weighted by Gasteiger charge is -2.33. The van der Waals surface area contributed by atoms with Gasteiger partial charge in [-0.2, -0.15) is 0 Å². The Bertz CT molecular complexity index is 570. The molecular weight excluding hydrogens is 310 g/mol. The number of fused-ring (bicyclic) bond motifs is 1. The molecule has 0 aliphatic carbocycles. The fourth-order valence-corrected chi connectivity index (χ4v) is 3.54. The van der Waals surface area contributed by atoms with E-state index in [4.69, 9.17) is 5.73 Å². The average Bonchev–Trinajstić information content (AvgIpc) is 2.99. The molecule has 2 heterocycles. The normalized spacial score (nSPS) is 16.8. The second-order valence-corrected chi connectivity index (χ2v) is 7.76. The maximum absolute atomic E-state index is 12.3. The number of nitrogens with two attached hydrogens (primary N) is 1. The van der Waals surface area contributed by atoms with Gasteiger partial charge in [0.25, 0.3) is 0 Å². The minimum atomic E-state index is -0.420. The van der Waals surface area contributed by atoms with Crippen LogP contribution in [0.5, 0.6) is 0 Å². The number of nitrogens with one attached hydrogen (secondary N) is 1. The Morgan fingerprint density at radius 2 is 2.17 bits per heavy atom. The van der Waals surface area contributed by atoms with Gasteiger partial charge in [-0.3, -0.25) is 9.59 Å². The molecule has 2 amide bonds. The summed E-state index contributed by atoms with van der Waals surface area (Å²) in [5.74, 6) is 0.190. The van der Waals surface area contributed by atoms with Gasteiger partial charge in [0.15, 0.2) is 0 Å². The van der Waals surface area contributed by atoms with E-state index >= 15 is 0 Å². The molecule has 0 aromatic carbocycles. The Hall–Kier alpha value is -1.40. The lowest BCUT2D eigenvalue weighted by atomic mass is 9.88. The number of rotatable bonds is 6. The largest absolute Gasteiger partial charge is 0.349 e. The predicted octanol–water partition coefficient (Wildman–Crippen LogP) is 1.90. The van der Waals surface area contributed by atoms with Gasteiger partial charge in [0.1, 0.15) is 0 Å². The van der Waals surface area contributed by atoms with Crippen LogP contribution in [0.25, 0.3) is 0 Å². The van der Waals surface area contributed by atoms with Crippen LogP contribution < -0.4 is 11.1 Å².